The molecule has 8 nitrogen and oxygen atoms in total. The van der Waals surface area contributed by atoms with Gasteiger partial charge in [-0.2, -0.15) is 0 Å². The molecule has 0 fully saturated rings. The Kier molecular flexibility index (Phi) is 8.00. The highest BCUT2D eigenvalue weighted by atomic mass is 16.5. The van der Waals surface area contributed by atoms with Crippen molar-refractivity contribution in [3.05, 3.63) is 23.4 Å². The third-order valence-corrected chi connectivity index (χ3v) is 4.96. The first kappa shape index (κ1) is 22.7. The first-order valence-electron chi connectivity index (χ1n) is 9.56. The number of rotatable bonds is 5. The van der Waals surface area contributed by atoms with E-state index in [2.05, 4.69) is 16.8 Å². The quantitative estimate of drug-likeness (QED) is 0.731. The number of carbonyl (C=O) groups is 2. The van der Waals surface area contributed by atoms with Crippen LogP contribution in [-0.4, -0.2) is 84.3 Å². The fourth-order valence-electron chi connectivity index (χ4n) is 3.00. The van der Waals surface area contributed by atoms with Crippen LogP contribution in [0.3, 0.4) is 0 Å². The van der Waals surface area contributed by atoms with Crippen molar-refractivity contribution in [3.8, 4) is 17.7 Å². The third kappa shape index (κ3) is 5.68. The summed E-state index contributed by atoms with van der Waals surface area (Å²) in [6.07, 6.45) is 1.19. The highest BCUT2D eigenvalue weighted by Crippen LogP contribution is 2.27. The standard InChI is InChI=1S/C21H29N3O5/c1-14-11-24(15(2)13-25)21(27)18-9-17(7-6-8-28-5)10-22-20(18)29-19(14)12-23(4)16(3)26/h9-10,14-15,19,25H,8,11-13H2,1-5H3/t14-,15+,19+/m1/s1. The highest BCUT2D eigenvalue weighted by molar-refractivity contribution is 5.97. The summed E-state index contributed by atoms with van der Waals surface area (Å²) in [5.41, 5.74) is 0.859. The van der Waals surface area contributed by atoms with Gasteiger partial charge in [-0.05, 0) is 13.0 Å². The Balaban J connectivity index is 2.46. The van der Waals surface area contributed by atoms with Crippen LogP contribution >= 0.6 is 0 Å². The molecule has 0 saturated carbocycles. The molecule has 0 aliphatic carbocycles. The van der Waals surface area contributed by atoms with Gasteiger partial charge in [0, 0.05) is 45.3 Å². The number of hydrogen-bond acceptors (Lipinski definition) is 6. The molecule has 0 radical (unpaired) electrons. The zero-order chi connectivity index (χ0) is 21.6. The number of carbonyl (C=O) groups excluding carboxylic acids is 2. The third-order valence-electron chi connectivity index (χ3n) is 4.96. The topological polar surface area (TPSA) is 92.2 Å². The molecule has 1 aromatic rings. The molecule has 0 aromatic carbocycles. The number of methoxy groups -OCH3 is 1. The van der Waals surface area contributed by atoms with Crippen LogP contribution in [0, 0.1) is 17.8 Å². The summed E-state index contributed by atoms with van der Waals surface area (Å²) in [4.78, 5) is 32.4. The van der Waals surface area contributed by atoms with Gasteiger partial charge >= 0.3 is 0 Å². The molecule has 2 heterocycles. The van der Waals surface area contributed by atoms with Crippen LogP contribution in [0.1, 0.15) is 36.7 Å². The van der Waals surface area contributed by atoms with E-state index in [1.807, 2.05) is 6.92 Å². The Labute approximate surface area is 171 Å². The van der Waals surface area contributed by atoms with E-state index in [0.717, 1.165) is 0 Å². The molecule has 8 heteroatoms. The Bertz CT molecular complexity index is 801. The van der Waals surface area contributed by atoms with E-state index in [1.54, 1.807) is 43.1 Å². The monoisotopic (exact) mass is 403 g/mol. The fourth-order valence-corrected chi connectivity index (χ4v) is 3.00. The Morgan fingerprint density at radius 2 is 2.28 bits per heavy atom. The molecular weight excluding hydrogens is 374 g/mol. The number of aromatic nitrogens is 1. The van der Waals surface area contributed by atoms with Gasteiger partial charge in [0.2, 0.25) is 11.8 Å². The lowest BCUT2D eigenvalue weighted by Crippen LogP contribution is -2.50. The van der Waals surface area contributed by atoms with Crippen molar-refractivity contribution in [1.82, 2.24) is 14.8 Å². The molecule has 1 aromatic heterocycles. The van der Waals surface area contributed by atoms with Crippen LogP contribution in [0.5, 0.6) is 5.88 Å². The summed E-state index contributed by atoms with van der Waals surface area (Å²) < 4.78 is 11.0. The Morgan fingerprint density at radius 1 is 1.55 bits per heavy atom. The number of fused-ring (bicyclic) bond motifs is 1. The minimum Gasteiger partial charge on any atom is -0.472 e. The normalized spacial score (nSPS) is 19.8. The first-order chi connectivity index (χ1) is 13.8. The van der Waals surface area contributed by atoms with Crippen LogP contribution in [0.25, 0.3) is 0 Å². The maximum Gasteiger partial charge on any atom is 0.259 e. The van der Waals surface area contributed by atoms with Crippen molar-refractivity contribution in [1.29, 1.82) is 0 Å². The van der Waals surface area contributed by atoms with Gasteiger partial charge in [-0.25, -0.2) is 4.98 Å². The number of ether oxygens (including phenoxy) is 2. The Morgan fingerprint density at radius 3 is 2.90 bits per heavy atom. The highest BCUT2D eigenvalue weighted by Gasteiger charge is 2.34. The smallest absolute Gasteiger partial charge is 0.259 e. The number of aliphatic hydroxyl groups excluding tert-OH is 1. The SMILES string of the molecule is COCC#Cc1cnc2c(c1)C(=O)N([C@@H](C)CO)C[C@@H](C)[C@H](CN(C)C(C)=O)O2. The van der Waals surface area contributed by atoms with E-state index in [4.69, 9.17) is 9.47 Å². The van der Waals surface area contributed by atoms with Gasteiger partial charge in [-0.15, -0.1) is 0 Å². The fraction of sp³-hybridized carbons (Fsp3) is 0.571. The number of likely N-dealkylation sites (N-methyl/N-ethyl adjacent to an activating group) is 1. The zero-order valence-corrected chi connectivity index (χ0v) is 17.6. The maximum atomic E-state index is 13.2. The second kappa shape index (κ2) is 10.2. The lowest BCUT2D eigenvalue weighted by molar-refractivity contribution is -0.129. The van der Waals surface area contributed by atoms with Crippen LogP contribution in [-0.2, 0) is 9.53 Å². The number of hydrogen-bond donors (Lipinski definition) is 1. The number of aliphatic hydroxyl groups is 1. The molecule has 0 unspecified atom stereocenters. The number of nitrogens with zero attached hydrogens (tertiary/aromatic N) is 3. The largest absolute Gasteiger partial charge is 0.472 e. The van der Waals surface area contributed by atoms with Crippen molar-refractivity contribution in [3.63, 3.8) is 0 Å². The minimum absolute atomic E-state index is 0.0727. The summed E-state index contributed by atoms with van der Waals surface area (Å²) in [5.74, 6) is 5.53. The summed E-state index contributed by atoms with van der Waals surface area (Å²) in [6, 6.07) is 1.27. The Hall–Kier alpha value is -2.63. The summed E-state index contributed by atoms with van der Waals surface area (Å²) in [5, 5.41) is 9.65. The van der Waals surface area contributed by atoms with E-state index >= 15 is 0 Å². The van der Waals surface area contributed by atoms with Crippen LogP contribution in [0.2, 0.25) is 0 Å². The van der Waals surface area contributed by atoms with Crippen LogP contribution in [0.4, 0.5) is 0 Å². The van der Waals surface area contributed by atoms with E-state index in [9.17, 15) is 14.7 Å². The zero-order valence-electron chi connectivity index (χ0n) is 17.6. The van der Waals surface area contributed by atoms with E-state index < -0.39 is 0 Å². The van der Waals surface area contributed by atoms with E-state index in [0.29, 0.717) is 18.7 Å². The molecule has 2 amide bonds. The summed E-state index contributed by atoms with van der Waals surface area (Å²) in [6.45, 7) is 6.10. The average molecular weight is 403 g/mol. The maximum absolute atomic E-state index is 13.2. The summed E-state index contributed by atoms with van der Waals surface area (Å²) >= 11 is 0. The van der Waals surface area contributed by atoms with Gasteiger partial charge in [0.25, 0.3) is 5.91 Å². The molecule has 0 spiro atoms. The molecule has 1 N–H and O–H groups in total. The van der Waals surface area contributed by atoms with Crippen molar-refractivity contribution >= 4 is 11.8 Å². The summed E-state index contributed by atoms with van der Waals surface area (Å²) in [7, 11) is 3.26. The minimum atomic E-state index is -0.370. The predicted molar refractivity (Wildman–Crippen MR) is 107 cm³/mol. The van der Waals surface area contributed by atoms with Crippen molar-refractivity contribution in [2.75, 3.05) is 40.5 Å². The average Bonchev–Trinajstić information content (AvgIpc) is 2.70. The van der Waals surface area contributed by atoms with Crippen molar-refractivity contribution < 1.29 is 24.2 Å². The predicted octanol–water partition coefficient (Wildman–Crippen LogP) is 0.778. The van der Waals surface area contributed by atoms with E-state index in [1.165, 1.54) is 6.92 Å². The lowest BCUT2D eigenvalue weighted by atomic mass is 10.00. The van der Waals surface area contributed by atoms with E-state index in [-0.39, 0.29) is 54.5 Å². The molecule has 3 atom stereocenters. The van der Waals surface area contributed by atoms with Gasteiger partial charge in [0.15, 0.2) is 0 Å². The van der Waals surface area contributed by atoms with Gasteiger partial charge < -0.3 is 24.4 Å². The molecule has 1 aliphatic rings. The van der Waals surface area contributed by atoms with Crippen LogP contribution < -0.4 is 4.74 Å². The molecule has 0 bridgehead atoms. The van der Waals surface area contributed by atoms with Gasteiger partial charge in [0.1, 0.15) is 18.3 Å². The molecule has 1 aliphatic heterocycles. The second-order valence-corrected chi connectivity index (χ2v) is 7.33. The molecule has 158 valence electrons. The second-order valence-electron chi connectivity index (χ2n) is 7.33. The molecule has 2 rings (SSSR count). The number of pyridine rings is 1. The van der Waals surface area contributed by atoms with Gasteiger partial charge in [-0.1, -0.05) is 18.8 Å². The lowest BCUT2D eigenvalue weighted by Gasteiger charge is -2.37. The van der Waals surface area contributed by atoms with Crippen molar-refractivity contribution in [2.24, 2.45) is 5.92 Å². The molecule has 29 heavy (non-hydrogen) atoms. The van der Waals surface area contributed by atoms with Gasteiger partial charge in [-0.3, -0.25) is 9.59 Å². The number of amides is 2. The van der Waals surface area contributed by atoms with Crippen molar-refractivity contribution in [2.45, 2.75) is 32.9 Å². The van der Waals surface area contributed by atoms with Gasteiger partial charge in [0.05, 0.1) is 19.2 Å². The first-order valence-corrected chi connectivity index (χ1v) is 9.56. The van der Waals surface area contributed by atoms with Crippen LogP contribution in [0.15, 0.2) is 12.3 Å². The molecular formula is C21H29N3O5. The molecule has 0 saturated heterocycles.